The molecule has 0 bridgehead atoms. The predicted octanol–water partition coefficient (Wildman–Crippen LogP) is 0.962. The summed E-state index contributed by atoms with van der Waals surface area (Å²) in [6.07, 6.45) is 2.26. The lowest BCUT2D eigenvalue weighted by Crippen LogP contribution is -2.24. The zero-order valence-corrected chi connectivity index (χ0v) is 11.9. The molecule has 2 aromatic heterocycles. The molecule has 2 heterocycles. The van der Waals surface area contributed by atoms with Gasteiger partial charge in [0.1, 0.15) is 5.82 Å². The van der Waals surface area contributed by atoms with Crippen molar-refractivity contribution < 1.29 is 4.79 Å². The van der Waals surface area contributed by atoms with E-state index in [9.17, 15) is 4.79 Å². The van der Waals surface area contributed by atoms with E-state index in [4.69, 9.17) is 0 Å². The average molecular weight is 274 g/mol. The number of aromatic amines is 1. The number of rotatable bonds is 4. The normalized spacial score (nSPS) is 14.6. The Hall–Kier alpha value is -2.18. The second-order valence-corrected chi connectivity index (χ2v) is 5.27. The number of hydrogen-bond acceptors (Lipinski definition) is 4. The number of nitrogens with one attached hydrogen (secondary N) is 2. The number of hydrogen-bond donors (Lipinski definition) is 2. The van der Waals surface area contributed by atoms with Crippen LogP contribution in [-0.4, -0.2) is 30.9 Å². The van der Waals surface area contributed by atoms with E-state index in [2.05, 4.69) is 25.6 Å². The number of carbonyl (C=O) groups is 1. The molecule has 1 amide bonds. The van der Waals surface area contributed by atoms with Gasteiger partial charge in [-0.25, -0.2) is 4.98 Å². The predicted molar refractivity (Wildman–Crippen MR) is 72.2 cm³/mol. The summed E-state index contributed by atoms with van der Waals surface area (Å²) >= 11 is 0. The third-order valence-corrected chi connectivity index (χ3v) is 3.75. The quantitative estimate of drug-likeness (QED) is 0.869. The van der Waals surface area contributed by atoms with E-state index < -0.39 is 0 Å². The Bertz CT molecular complexity index is 652. The SMILES string of the molecule is Cc1nn(C)c(C)c1CNC(=O)c1n[nH]c(C2CC2)n1. The number of aryl methyl sites for hydroxylation is 2. The maximum Gasteiger partial charge on any atom is 0.291 e. The molecule has 106 valence electrons. The van der Waals surface area contributed by atoms with Crippen molar-refractivity contribution in [2.45, 2.75) is 39.2 Å². The smallest absolute Gasteiger partial charge is 0.291 e. The fraction of sp³-hybridized carbons (Fsp3) is 0.538. The molecule has 7 heteroatoms. The monoisotopic (exact) mass is 274 g/mol. The summed E-state index contributed by atoms with van der Waals surface area (Å²) in [6.45, 7) is 4.36. The van der Waals surface area contributed by atoms with Crippen molar-refractivity contribution in [3.05, 3.63) is 28.6 Å². The van der Waals surface area contributed by atoms with E-state index in [0.29, 0.717) is 12.5 Å². The molecule has 0 unspecified atom stereocenters. The van der Waals surface area contributed by atoms with Gasteiger partial charge < -0.3 is 5.32 Å². The van der Waals surface area contributed by atoms with Crippen LogP contribution in [-0.2, 0) is 13.6 Å². The standard InChI is InChI=1S/C13H18N6O/c1-7-10(8(2)19(3)18-7)6-14-13(20)12-15-11(16-17-12)9-4-5-9/h9H,4-6H2,1-3H3,(H,14,20)(H,15,16,17). The van der Waals surface area contributed by atoms with Crippen molar-refractivity contribution in [1.29, 1.82) is 0 Å². The molecule has 0 saturated heterocycles. The Morgan fingerprint density at radius 3 is 2.80 bits per heavy atom. The van der Waals surface area contributed by atoms with Crippen LogP contribution in [0.1, 0.15) is 52.2 Å². The summed E-state index contributed by atoms with van der Waals surface area (Å²) < 4.78 is 1.81. The summed E-state index contributed by atoms with van der Waals surface area (Å²) in [5.74, 6) is 1.25. The van der Waals surface area contributed by atoms with Gasteiger partial charge in [0.05, 0.1) is 5.69 Å². The van der Waals surface area contributed by atoms with Gasteiger partial charge in [-0.1, -0.05) is 0 Å². The van der Waals surface area contributed by atoms with E-state index in [-0.39, 0.29) is 11.7 Å². The van der Waals surface area contributed by atoms with Crippen LogP contribution in [0, 0.1) is 13.8 Å². The van der Waals surface area contributed by atoms with E-state index in [1.807, 2.05) is 25.6 Å². The van der Waals surface area contributed by atoms with Gasteiger partial charge in [-0.2, -0.15) is 5.10 Å². The molecule has 0 spiro atoms. The van der Waals surface area contributed by atoms with Gasteiger partial charge in [0.25, 0.3) is 5.91 Å². The summed E-state index contributed by atoms with van der Waals surface area (Å²) in [5.41, 5.74) is 3.02. The van der Waals surface area contributed by atoms with Crippen molar-refractivity contribution in [3.8, 4) is 0 Å². The fourth-order valence-corrected chi connectivity index (χ4v) is 2.24. The summed E-state index contributed by atoms with van der Waals surface area (Å²) in [6, 6.07) is 0. The van der Waals surface area contributed by atoms with E-state index in [0.717, 1.165) is 35.6 Å². The summed E-state index contributed by atoms with van der Waals surface area (Å²) in [7, 11) is 1.89. The molecule has 1 aliphatic carbocycles. The maximum atomic E-state index is 12.0. The van der Waals surface area contributed by atoms with Gasteiger partial charge >= 0.3 is 0 Å². The van der Waals surface area contributed by atoms with Gasteiger partial charge in [-0.15, -0.1) is 5.10 Å². The number of H-pyrrole nitrogens is 1. The van der Waals surface area contributed by atoms with Gasteiger partial charge in [0.2, 0.25) is 5.82 Å². The van der Waals surface area contributed by atoms with Crippen molar-refractivity contribution in [2.75, 3.05) is 0 Å². The van der Waals surface area contributed by atoms with Crippen LogP contribution < -0.4 is 5.32 Å². The molecule has 0 radical (unpaired) electrons. The highest BCUT2D eigenvalue weighted by molar-refractivity contribution is 5.90. The van der Waals surface area contributed by atoms with Crippen molar-refractivity contribution in [3.63, 3.8) is 0 Å². The Labute approximate surface area is 116 Å². The molecule has 0 aliphatic heterocycles. The molecule has 1 saturated carbocycles. The average Bonchev–Trinajstić information content (AvgIpc) is 3.09. The summed E-state index contributed by atoms with van der Waals surface area (Å²) in [4.78, 5) is 16.3. The zero-order chi connectivity index (χ0) is 14.3. The fourth-order valence-electron chi connectivity index (χ4n) is 2.24. The maximum absolute atomic E-state index is 12.0. The highest BCUT2D eigenvalue weighted by atomic mass is 16.2. The molecule has 1 aliphatic rings. The number of carbonyl (C=O) groups excluding carboxylic acids is 1. The van der Waals surface area contributed by atoms with Crippen LogP contribution in [0.3, 0.4) is 0 Å². The Balaban J connectivity index is 1.66. The molecular weight excluding hydrogens is 256 g/mol. The first kappa shape index (κ1) is 12.8. The Morgan fingerprint density at radius 1 is 1.45 bits per heavy atom. The summed E-state index contributed by atoms with van der Waals surface area (Å²) in [5, 5.41) is 14.0. The second kappa shape index (κ2) is 4.73. The van der Waals surface area contributed by atoms with Crippen molar-refractivity contribution >= 4 is 5.91 Å². The van der Waals surface area contributed by atoms with Crippen LogP contribution >= 0.6 is 0 Å². The lowest BCUT2D eigenvalue weighted by atomic mass is 10.2. The lowest BCUT2D eigenvalue weighted by molar-refractivity contribution is 0.0941. The molecule has 20 heavy (non-hydrogen) atoms. The lowest BCUT2D eigenvalue weighted by Gasteiger charge is -2.03. The minimum absolute atomic E-state index is 0.214. The van der Waals surface area contributed by atoms with Crippen molar-refractivity contribution in [1.82, 2.24) is 30.3 Å². The third kappa shape index (κ3) is 2.31. The first-order chi connectivity index (χ1) is 9.56. The molecular formula is C13H18N6O. The van der Waals surface area contributed by atoms with Gasteiger partial charge in [0.15, 0.2) is 0 Å². The Morgan fingerprint density at radius 2 is 2.20 bits per heavy atom. The largest absolute Gasteiger partial charge is 0.345 e. The number of amides is 1. The van der Waals surface area contributed by atoms with Crippen LogP contribution in [0.2, 0.25) is 0 Å². The van der Waals surface area contributed by atoms with Crippen molar-refractivity contribution in [2.24, 2.45) is 7.05 Å². The first-order valence-electron chi connectivity index (χ1n) is 6.76. The zero-order valence-electron chi connectivity index (χ0n) is 11.9. The number of nitrogens with zero attached hydrogens (tertiary/aromatic N) is 4. The van der Waals surface area contributed by atoms with Crippen LogP contribution in [0.15, 0.2) is 0 Å². The molecule has 3 rings (SSSR count). The Kier molecular flexibility index (Phi) is 3.04. The molecule has 1 fully saturated rings. The van der Waals surface area contributed by atoms with E-state index >= 15 is 0 Å². The minimum atomic E-state index is -0.254. The van der Waals surface area contributed by atoms with Crippen LogP contribution in [0.4, 0.5) is 0 Å². The third-order valence-electron chi connectivity index (χ3n) is 3.75. The molecule has 2 N–H and O–H groups in total. The first-order valence-corrected chi connectivity index (χ1v) is 6.76. The van der Waals surface area contributed by atoms with Crippen LogP contribution in [0.5, 0.6) is 0 Å². The molecule has 0 aromatic carbocycles. The van der Waals surface area contributed by atoms with Gasteiger partial charge in [-0.3, -0.25) is 14.6 Å². The minimum Gasteiger partial charge on any atom is -0.345 e. The van der Waals surface area contributed by atoms with E-state index in [1.54, 1.807) is 0 Å². The topological polar surface area (TPSA) is 88.5 Å². The highest BCUT2D eigenvalue weighted by Crippen LogP contribution is 2.37. The molecule has 2 aromatic rings. The van der Waals surface area contributed by atoms with E-state index in [1.165, 1.54) is 0 Å². The number of aromatic nitrogens is 5. The second-order valence-electron chi connectivity index (χ2n) is 5.27. The van der Waals surface area contributed by atoms with Gasteiger partial charge in [0, 0.05) is 30.8 Å². The molecule has 0 atom stereocenters. The molecule has 7 nitrogen and oxygen atoms in total. The highest BCUT2D eigenvalue weighted by Gasteiger charge is 2.28. The van der Waals surface area contributed by atoms with Crippen LogP contribution in [0.25, 0.3) is 0 Å². The van der Waals surface area contributed by atoms with Gasteiger partial charge in [-0.05, 0) is 26.7 Å².